The van der Waals surface area contributed by atoms with E-state index in [0.29, 0.717) is 25.0 Å². The normalized spacial score (nSPS) is 27.0. The molecule has 2 amide bonds. The van der Waals surface area contributed by atoms with Crippen LogP contribution in [0, 0.1) is 0 Å². The molecule has 2 aliphatic heterocycles. The van der Waals surface area contributed by atoms with E-state index in [1.165, 1.54) is 6.42 Å². The Labute approximate surface area is 138 Å². The predicted molar refractivity (Wildman–Crippen MR) is 91.4 cm³/mol. The first kappa shape index (κ1) is 16.0. The summed E-state index contributed by atoms with van der Waals surface area (Å²) < 4.78 is 0. The van der Waals surface area contributed by atoms with E-state index in [4.69, 9.17) is 0 Å². The summed E-state index contributed by atoms with van der Waals surface area (Å²) in [7, 11) is 0. The highest BCUT2D eigenvalue weighted by atomic mass is 16.2. The standard InChI is InChI=1S/C19H26N2O2/c1-13-7-6-8-14(2)21(13)19(23)11-16-12-20(15(3)22)18-10-5-4-9-17(16)18/h4-5,9-10,13-14,16H,6-8,11-12H2,1-3H3. The van der Waals surface area contributed by atoms with Gasteiger partial charge in [0, 0.05) is 43.6 Å². The summed E-state index contributed by atoms with van der Waals surface area (Å²) in [5.41, 5.74) is 2.10. The number of likely N-dealkylation sites (tertiary alicyclic amines) is 1. The van der Waals surface area contributed by atoms with Gasteiger partial charge in [0.05, 0.1) is 0 Å². The average Bonchev–Trinajstić information content (AvgIpc) is 2.86. The Morgan fingerprint density at radius 1 is 1.13 bits per heavy atom. The summed E-state index contributed by atoms with van der Waals surface area (Å²) in [6.45, 7) is 6.52. The van der Waals surface area contributed by atoms with Crippen LogP contribution in [0.1, 0.15) is 57.9 Å². The predicted octanol–water partition coefficient (Wildman–Crippen LogP) is 3.32. The lowest BCUT2D eigenvalue weighted by molar-refractivity contribution is -0.137. The van der Waals surface area contributed by atoms with E-state index in [9.17, 15) is 9.59 Å². The number of carbonyl (C=O) groups excluding carboxylic acids is 2. The third-order valence-electron chi connectivity index (χ3n) is 5.35. The molecule has 1 fully saturated rings. The fourth-order valence-corrected chi connectivity index (χ4v) is 4.20. The van der Waals surface area contributed by atoms with Gasteiger partial charge in [-0.1, -0.05) is 18.2 Å². The molecule has 0 radical (unpaired) electrons. The summed E-state index contributed by atoms with van der Waals surface area (Å²) in [4.78, 5) is 28.6. The van der Waals surface area contributed by atoms with Crippen LogP contribution in [-0.2, 0) is 9.59 Å². The van der Waals surface area contributed by atoms with Crippen molar-refractivity contribution in [2.24, 2.45) is 0 Å². The first-order valence-corrected chi connectivity index (χ1v) is 8.67. The number of piperidine rings is 1. The number of anilines is 1. The van der Waals surface area contributed by atoms with Crippen LogP contribution >= 0.6 is 0 Å². The number of fused-ring (bicyclic) bond motifs is 1. The van der Waals surface area contributed by atoms with Crippen molar-refractivity contribution in [3.05, 3.63) is 29.8 Å². The Balaban J connectivity index is 1.78. The third kappa shape index (κ3) is 2.99. The molecule has 0 spiro atoms. The molecule has 0 aromatic heterocycles. The Bertz CT molecular complexity index is 603. The molecule has 1 aromatic carbocycles. The zero-order valence-electron chi connectivity index (χ0n) is 14.3. The topological polar surface area (TPSA) is 40.6 Å². The highest BCUT2D eigenvalue weighted by molar-refractivity contribution is 5.94. The maximum atomic E-state index is 12.9. The second-order valence-electron chi connectivity index (χ2n) is 7.02. The molecule has 1 aromatic rings. The minimum Gasteiger partial charge on any atom is -0.337 e. The Kier molecular flexibility index (Phi) is 4.42. The number of rotatable bonds is 2. The SMILES string of the molecule is CC(=O)N1CC(CC(=O)N2C(C)CCCC2C)c2ccccc21. The highest BCUT2D eigenvalue weighted by Gasteiger charge is 2.35. The fraction of sp³-hybridized carbons (Fsp3) is 0.579. The number of para-hydroxylation sites is 1. The van der Waals surface area contributed by atoms with Crippen molar-refractivity contribution in [1.82, 2.24) is 4.90 Å². The number of hydrogen-bond acceptors (Lipinski definition) is 2. The maximum absolute atomic E-state index is 12.9. The van der Waals surface area contributed by atoms with E-state index < -0.39 is 0 Å². The molecule has 2 heterocycles. The zero-order chi connectivity index (χ0) is 16.6. The number of carbonyl (C=O) groups is 2. The van der Waals surface area contributed by atoms with Crippen molar-refractivity contribution in [2.75, 3.05) is 11.4 Å². The number of hydrogen-bond donors (Lipinski definition) is 0. The van der Waals surface area contributed by atoms with E-state index in [1.54, 1.807) is 11.8 Å². The minimum absolute atomic E-state index is 0.0482. The molecular formula is C19H26N2O2. The zero-order valence-corrected chi connectivity index (χ0v) is 14.3. The van der Waals surface area contributed by atoms with E-state index in [-0.39, 0.29) is 17.7 Å². The van der Waals surface area contributed by atoms with E-state index in [1.807, 2.05) is 18.2 Å². The molecular weight excluding hydrogens is 288 g/mol. The van der Waals surface area contributed by atoms with Gasteiger partial charge in [0.2, 0.25) is 11.8 Å². The lowest BCUT2D eigenvalue weighted by Crippen LogP contribution is -2.48. The first-order valence-electron chi connectivity index (χ1n) is 8.67. The lowest BCUT2D eigenvalue weighted by atomic mass is 9.93. The van der Waals surface area contributed by atoms with Crippen LogP contribution in [-0.4, -0.2) is 35.3 Å². The molecule has 0 N–H and O–H groups in total. The smallest absolute Gasteiger partial charge is 0.223 e. The van der Waals surface area contributed by atoms with Crippen LogP contribution in [0.15, 0.2) is 24.3 Å². The largest absolute Gasteiger partial charge is 0.337 e. The molecule has 3 unspecified atom stereocenters. The summed E-state index contributed by atoms with van der Waals surface area (Å²) in [5, 5.41) is 0. The van der Waals surface area contributed by atoms with E-state index in [0.717, 1.165) is 24.1 Å². The third-order valence-corrected chi connectivity index (χ3v) is 5.35. The summed E-state index contributed by atoms with van der Waals surface area (Å²) in [6.07, 6.45) is 3.89. The summed E-state index contributed by atoms with van der Waals surface area (Å²) in [5.74, 6) is 0.394. The van der Waals surface area contributed by atoms with Gasteiger partial charge in [-0.15, -0.1) is 0 Å². The van der Waals surface area contributed by atoms with Gasteiger partial charge >= 0.3 is 0 Å². The van der Waals surface area contributed by atoms with Crippen LogP contribution < -0.4 is 4.90 Å². The van der Waals surface area contributed by atoms with Gasteiger partial charge in [-0.2, -0.15) is 0 Å². The van der Waals surface area contributed by atoms with Gasteiger partial charge in [-0.25, -0.2) is 0 Å². The Morgan fingerprint density at radius 3 is 2.43 bits per heavy atom. The van der Waals surface area contributed by atoms with Gasteiger partial charge < -0.3 is 9.80 Å². The van der Waals surface area contributed by atoms with Crippen LogP contribution in [0.4, 0.5) is 5.69 Å². The summed E-state index contributed by atoms with van der Waals surface area (Å²) >= 11 is 0. The van der Waals surface area contributed by atoms with E-state index in [2.05, 4.69) is 24.8 Å². The highest BCUT2D eigenvalue weighted by Crippen LogP contribution is 2.38. The lowest BCUT2D eigenvalue weighted by Gasteiger charge is -2.39. The fourth-order valence-electron chi connectivity index (χ4n) is 4.20. The monoisotopic (exact) mass is 314 g/mol. The van der Waals surface area contributed by atoms with E-state index >= 15 is 0 Å². The molecule has 124 valence electrons. The van der Waals surface area contributed by atoms with Crippen molar-refractivity contribution in [2.45, 2.75) is 64.5 Å². The van der Waals surface area contributed by atoms with Gasteiger partial charge in [-0.05, 0) is 44.7 Å². The van der Waals surface area contributed by atoms with Gasteiger partial charge in [0.25, 0.3) is 0 Å². The molecule has 1 saturated heterocycles. The summed E-state index contributed by atoms with van der Waals surface area (Å²) in [6, 6.07) is 8.63. The molecule has 4 nitrogen and oxygen atoms in total. The average molecular weight is 314 g/mol. The quantitative estimate of drug-likeness (QED) is 0.840. The van der Waals surface area contributed by atoms with Gasteiger partial charge in [0.15, 0.2) is 0 Å². The number of benzene rings is 1. The van der Waals surface area contributed by atoms with Crippen LogP contribution in [0.2, 0.25) is 0 Å². The first-order chi connectivity index (χ1) is 11.0. The maximum Gasteiger partial charge on any atom is 0.223 e. The van der Waals surface area contributed by atoms with Crippen molar-refractivity contribution in [1.29, 1.82) is 0 Å². The van der Waals surface area contributed by atoms with Crippen LogP contribution in [0.25, 0.3) is 0 Å². The molecule has 0 bridgehead atoms. The van der Waals surface area contributed by atoms with Gasteiger partial charge in [0.1, 0.15) is 0 Å². The Morgan fingerprint density at radius 2 is 1.78 bits per heavy atom. The van der Waals surface area contributed by atoms with Crippen molar-refractivity contribution in [3.8, 4) is 0 Å². The molecule has 0 aliphatic carbocycles. The van der Waals surface area contributed by atoms with Crippen LogP contribution in [0.5, 0.6) is 0 Å². The number of nitrogens with zero attached hydrogens (tertiary/aromatic N) is 2. The molecule has 4 heteroatoms. The minimum atomic E-state index is 0.0482. The molecule has 2 aliphatic rings. The second kappa shape index (κ2) is 6.34. The van der Waals surface area contributed by atoms with Crippen molar-refractivity contribution in [3.63, 3.8) is 0 Å². The number of amides is 2. The Hall–Kier alpha value is -1.84. The van der Waals surface area contributed by atoms with Crippen molar-refractivity contribution < 1.29 is 9.59 Å². The second-order valence-corrected chi connectivity index (χ2v) is 7.02. The van der Waals surface area contributed by atoms with Crippen molar-refractivity contribution >= 4 is 17.5 Å². The molecule has 3 rings (SSSR count). The molecule has 3 atom stereocenters. The molecule has 0 saturated carbocycles. The molecule has 23 heavy (non-hydrogen) atoms. The van der Waals surface area contributed by atoms with Crippen LogP contribution in [0.3, 0.4) is 0 Å². The van der Waals surface area contributed by atoms with Gasteiger partial charge in [-0.3, -0.25) is 9.59 Å².